The highest BCUT2D eigenvalue weighted by Gasteiger charge is 2.18. The fraction of sp³-hybridized carbons (Fsp3) is 0.625. The van der Waals surface area contributed by atoms with Crippen molar-refractivity contribution in [1.29, 1.82) is 0 Å². The van der Waals surface area contributed by atoms with Gasteiger partial charge in [0.05, 0.1) is 17.3 Å². The second kappa shape index (κ2) is 10.3. The molecule has 5 heteroatoms. The molecule has 1 unspecified atom stereocenters. The van der Waals surface area contributed by atoms with Gasteiger partial charge in [0, 0.05) is 39.0 Å². The molecular weight excluding hydrogens is 304 g/mol. The monoisotopic (exact) mass is 330 g/mol. The summed E-state index contributed by atoms with van der Waals surface area (Å²) in [6, 6.07) is 6.63. The second-order valence-corrected chi connectivity index (χ2v) is 6.36. The number of benzene rings is 1. The van der Waals surface area contributed by atoms with Gasteiger partial charge >= 0.3 is 0 Å². The van der Waals surface area contributed by atoms with Crippen molar-refractivity contribution in [2.24, 2.45) is 0 Å². The zero-order valence-electron chi connectivity index (χ0n) is 13.5. The Bertz CT molecular complexity index is 417. The fourth-order valence-electron chi connectivity index (χ4n) is 2.37. The Morgan fingerprint density at radius 2 is 2.19 bits per heavy atom. The van der Waals surface area contributed by atoms with Gasteiger partial charge < -0.3 is 15.0 Å². The third-order valence-electron chi connectivity index (χ3n) is 3.60. The van der Waals surface area contributed by atoms with Crippen molar-refractivity contribution in [3.05, 3.63) is 28.8 Å². The molecule has 3 nitrogen and oxygen atoms in total. The maximum Gasteiger partial charge on any atom is 0.0642 e. The fourth-order valence-corrected chi connectivity index (χ4v) is 3.54. The first-order valence-electron chi connectivity index (χ1n) is 7.34. The number of para-hydroxylation sites is 1. The smallest absolute Gasteiger partial charge is 0.0642 e. The Morgan fingerprint density at radius 1 is 1.43 bits per heavy atom. The predicted octanol–water partition coefficient (Wildman–Crippen LogP) is 3.65. The molecule has 0 saturated carbocycles. The van der Waals surface area contributed by atoms with Crippen LogP contribution < -0.4 is 10.2 Å². The van der Waals surface area contributed by atoms with Crippen LogP contribution in [0.1, 0.15) is 18.9 Å². The lowest BCUT2D eigenvalue weighted by Crippen LogP contribution is -2.34. The molecule has 0 radical (unpaired) electrons. The Hall–Kier alpha value is -0.420. The summed E-state index contributed by atoms with van der Waals surface area (Å²) in [6.45, 7) is 4.59. The van der Waals surface area contributed by atoms with E-state index in [2.05, 4.69) is 36.5 Å². The zero-order chi connectivity index (χ0) is 15.7. The molecule has 1 aromatic carbocycles. The summed E-state index contributed by atoms with van der Waals surface area (Å²) in [4.78, 5) is 2.33. The molecule has 0 bridgehead atoms. The lowest BCUT2D eigenvalue weighted by Gasteiger charge is -2.31. The Kier molecular flexibility index (Phi) is 9.16. The van der Waals surface area contributed by atoms with Crippen molar-refractivity contribution >= 4 is 29.1 Å². The Balaban J connectivity index is 2.87. The van der Waals surface area contributed by atoms with Crippen molar-refractivity contribution < 1.29 is 4.74 Å². The Morgan fingerprint density at radius 3 is 2.81 bits per heavy atom. The number of rotatable bonds is 10. The van der Waals surface area contributed by atoms with Gasteiger partial charge in [0.15, 0.2) is 0 Å². The number of thioether (sulfide) groups is 1. The average Bonchev–Trinajstić information content (AvgIpc) is 2.48. The van der Waals surface area contributed by atoms with Gasteiger partial charge in [-0.1, -0.05) is 30.7 Å². The lowest BCUT2D eigenvalue weighted by atomic mass is 10.1. The van der Waals surface area contributed by atoms with Crippen molar-refractivity contribution in [1.82, 2.24) is 5.32 Å². The summed E-state index contributed by atoms with van der Waals surface area (Å²) in [5.74, 6) is 1.11. The topological polar surface area (TPSA) is 24.5 Å². The van der Waals surface area contributed by atoms with Gasteiger partial charge in [0.25, 0.3) is 0 Å². The van der Waals surface area contributed by atoms with Gasteiger partial charge in [-0.3, -0.25) is 0 Å². The summed E-state index contributed by atoms with van der Waals surface area (Å²) in [5.41, 5.74) is 2.38. The van der Waals surface area contributed by atoms with Crippen molar-refractivity contribution in [3.63, 3.8) is 0 Å². The average molecular weight is 331 g/mol. The third kappa shape index (κ3) is 5.70. The number of hydrogen-bond acceptors (Lipinski definition) is 4. The maximum absolute atomic E-state index is 6.46. The van der Waals surface area contributed by atoms with Crippen LogP contribution in [0.4, 0.5) is 5.69 Å². The summed E-state index contributed by atoms with van der Waals surface area (Å²) in [5, 5.41) is 4.22. The molecule has 0 aliphatic carbocycles. The highest BCUT2D eigenvalue weighted by Crippen LogP contribution is 2.31. The molecule has 0 heterocycles. The largest absolute Gasteiger partial charge is 0.383 e. The summed E-state index contributed by atoms with van der Waals surface area (Å²) < 4.78 is 5.07. The number of nitrogens with one attached hydrogen (secondary N) is 1. The molecule has 21 heavy (non-hydrogen) atoms. The molecule has 0 spiro atoms. The van der Waals surface area contributed by atoms with E-state index in [1.165, 1.54) is 5.56 Å². The lowest BCUT2D eigenvalue weighted by molar-refractivity contribution is 0.199. The predicted molar refractivity (Wildman–Crippen MR) is 95.9 cm³/mol. The first-order chi connectivity index (χ1) is 10.2. The first kappa shape index (κ1) is 18.6. The van der Waals surface area contributed by atoms with E-state index in [1.807, 2.05) is 23.9 Å². The third-order valence-corrected chi connectivity index (χ3v) is 4.62. The van der Waals surface area contributed by atoms with Gasteiger partial charge in [-0.05, 0) is 24.3 Å². The standard InChI is InChI=1S/C16H27ClN2OS/c1-5-14(12-21-4)19(2)16-13(7-6-8-15(16)17)11-18-9-10-20-3/h6-8,14,18H,5,9-12H2,1-4H3. The molecule has 120 valence electrons. The van der Waals surface area contributed by atoms with Gasteiger partial charge in [0.1, 0.15) is 0 Å². The van der Waals surface area contributed by atoms with Crippen LogP contribution in [0.5, 0.6) is 0 Å². The molecule has 1 N–H and O–H groups in total. The molecule has 0 saturated heterocycles. The van der Waals surface area contributed by atoms with Crippen LogP contribution in [0, 0.1) is 0 Å². The van der Waals surface area contributed by atoms with Crippen LogP contribution in [0.15, 0.2) is 18.2 Å². The molecule has 1 rings (SSSR count). The number of nitrogens with zero attached hydrogens (tertiary/aromatic N) is 1. The molecular formula is C16H27ClN2OS. The minimum Gasteiger partial charge on any atom is -0.383 e. The van der Waals surface area contributed by atoms with Crippen molar-refractivity contribution in [2.45, 2.75) is 25.9 Å². The minimum absolute atomic E-state index is 0.498. The van der Waals surface area contributed by atoms with E-state index in [-0.39, 0.29) is 0 Å². The number of ether oxygens (including phenoxy) is 1. The highest BCUT2D eigenvalue weighted by molar-refractivity contribution is 7.98. The molecule has 0 aliphatic rings. The van der Waals surface area contributed by atoms with Crippen LogP contribution in [0.3, 0.4) is 0 Å². The van der Waals surface area contributed by atoms with E-state index >= 15 is 0 Å². The quantitative estimate of drug-likeness (QED) is 0.662. The molecule has 1 atom stereocenters. The van der Waals surface area contributed by atoms with Crippen molar-refractivity contribution in [2.75, 3.05) is 44.2 Å². The highest BCUT2D eigenvalue weighted by atomic mass is 35.5. The van der Waals surface area contributed by atoms with Crippen LogP contribution >= 0.6 is 23.4 Å². The van der Waals surface area contributed by atoms with E-state index in [4.69, 9.17) is 16.3 Å². The van der Waals surface area contributed by atoms with E-state index in [1.54, 1.807) is 7.11 Å². The molecule has 1 aromatic rings. The van der Waals surface area contributed by atoms with E-state index < -0.39 is 0 Å². The van der Waals surface area contributed by atoms with Gasteiger partial charge in [0.2, 0.25) is 0 Å². The number of methoxy groups -OCH3 is 1. The summed E-state index contributed by atoms with van der Waals surface area (Å²) in [7, 11) is 3.86. The SMILES string of the molecule is CCC(CSC)N(C)c1c(Cl)cccc1CNCCOC. The number of anilines is 1. The van der Waals surface area contributed by atoms with E-state index in [9.17, 15) is 0 Å². The van der Waals surface area contributed by atoms with Crippen LogP contribution in [0.25, 0.3) is 0 Å². The summed E-state index contributed by atoms with van der Waals surface area (Å²) >= 11 is 8.34. The molecule has 0 aliphatic heterocycles. The van der Waals surface area contributed by atoms with Crippen LogP contribution in [-0.2, 0) is 11.3 Å². The Labute approximate surface area is 138 Å². The second-order valence-electron chi connectivity index (χ2n) is 5.05. The summed E-state index contributed by atoms with van der Waals surface area (Å²) in [6.07, 6.45) is 3.26. The maximum atomic E-state index is 6.46. The molecule has 0 aromatic heterocycles. The van der Waals surface area contributed by atoms with Crippen molar-refractivity contribution in [3.8, 4) is 0 Å². The zero-order valence-corrected chi connectivity index (χ0v) is 15.1. The number of hydrogen-bond donors (Lipinski definition) is 1. The molecule has 0 fully saturated rings. The van der Waals surface area contributed by atoms with Gasteiger partial charge in [-0.15, -0.1) is 0 Å². The van der Waals surface area contributed by atoms with E-state index in [0.29, 0.717) is 6.04 Å². The van der Waals surface area contributed by atoms with E-state index in [0.717, 1.165) is 42.6 Å². The van der Waals surface area contributed by atoms with Crippen LogP contribution in [0.2, 0.25) is 5.02 Å². The minimum atomic E-state index is 0.498. The van der Waals surface area contributed by atoms with Crippen LogP contribution in [-0.4, -0.2) is 45.4 Å². The van der Waals surface area contributed by atoms with Gasteiger partial charge in [-0.2, -0.15) is 11.8 Å². The normalized spacial score (nSPS) is 12.4. The van der Waals surface area contributed by atoms with Gasteiger partial charge in [-0.25, -0.2) is 0 Å². The first-order valence-corrected chi connectivity index (χ1v) is 9.11. The molecule has 0 amide bonds. The number of halogens is 1.